The van der Waals surface area contributed by atoms with E-state index in [-0.39, 0.29) is 12.5 Å². The van der Waals surface area contributed by atoms with E-state index in [4.69, 9.17) is 4.42 Å². The second-order valence-electron chi connectivity index (χ2n) is 5.58. The molecule has 1 amide bonds. The molecule has 0 aliphatic heterocycles. The summed E-state index contributed by atoms with van der Waals surface area (Å²) in [5, 5.41) is 12.0. The highest BCUT2D eigenvalue weighted by atomic mass is 16.4. The third-order valence-electron chi connectivity index (χ3n) is 3.70. The Morgan fingerprint density at radius 2 is 1.88 bits per heavy atom. The van der Waals surface area contributed by atoms with Crippen molar-refractivity contribution in [3.05, 3.63) is 54.0 Å². The molecule has 0 bridgehead atoms. The Hall–Kier alpha value is -2.96. The summed E-state index contributed by atoms with van der Waals surface area (Å²) in [6.45, 7) is 2.23. The second-order valence-corrected chi connectivity index (χ2v) is 5.58. The van der Waals surface area contributed by atoms with E-state index in [9.17, 15) is 4.79 Å². The molecule has 0 saturated carbocycles. The van der Waals surface area contributed by atoms with Crippen LogP contribution in [-0.4, -0.2) is 37.8 Å². The maximum absolute atomic E-state index is 12.5. The predicted molar refractivity (Wildman–Crippen MR) is 88.1 cm³/mol. The summed E-state index contributed by atoms with van der Waals surface area (Å²) in [4.78, 5) is 14.1. The largest absolute Gasteiger partial charge is 0.423 e. The zero-order valence-corrected chi connectivity index (χ0v) is 13.9. The van der Waals surface area contributed by atoms with Crippen LogP contribution < -0.4 is 0 Å². The fraction of sp³-hybridized carbons (Fsp3) is 0.294. The van der Waals surface area contributed by atoms with Crippen LogP contribution in [0.5, 0.6) is 0 Å². The van der Waals surface area contributed by atoms with Crippen LogP contribution in [0.3, 0.4) is 0 Å². The van der Waals surface area contributed by atoms with Crippen molar-refractivity contribution in [1.29, 1.82) is 0 Å². The van der Waals surface area contributed by atoms with Crippen LogP contribution in [0.2, 0.25) is 0 Å². The first-order valence-corrected chi connectivity index (χ1v) is 7.72. The number of hydrogen-bond donors (Lipinski definition) is 0. The molecule has 24 heavy (non-hydrogen) atoms. The van der Waals surface area contributed by atoms with Gasteiger partial charge in [-0.2, -0.15) is 5.10 Å². The molecule has 124 valence electrons. The van der Waals surface area contributed by atoms with Crippen LogP contribution in [0.15, 0.2) is 41.1 Å². The third kappa shape index (κ3) is 3.34. The number of carbonyl (C=O) groups excluding carboxylic acids is 1. The van der Waals surface area contributed by atoms with Crippen LogP contribution >= 0.6 is 0 Å². The van der Waals surface area contributed by atoms with Gasteiger partial charge in [0.15, 0.2) is 0 Å². The summed E-state index contributed by atoms with van der Waals surface area (Å²) in [7, 11) is 3.59. The molecule has 0 N–H and O–H groups in total. The maximum Gasteiger partial charge on any atom is 0.254 e. The van der Waals surface area contributed by atoms with E-state index in [0.717, 1.165) is 11.1 Å². The van der Waals surface area contributed by atoms with Crippen molar-refractivity contribution >= 4 is 5.91 Å². The fourth-order valence-corrected chi connectivity index (χ4v) is 2.37. The minimum Gasteiger partial charge on any atom is -0.423 e. The Bertz CT molecular complexity index is 835. The van der Waals surface area contributed by atoms with E-state index in [1.807, 2.05) is 44.4 Å². The number of aromatic nitrogens is 4. The van der Waals surface area contributed by atoms with Gasteiger partial charge in [-0.25, -0.2) is 0 Å². The minimum atomic E-state index is -0.0935. The quantitative estimate of drug-likeness (QED) is 0.719. The number of amides is 1. The van der Waals surface area contributed by atoms with Gasteiger partial charge in [-0.15, -0.1) is 10.2 Å². The van der Waals surface area contributed by atoms with Crippen LogP contribution in [-0.2, 0) is 20.0 Å². The lowest BCUT2D eigenvalue weighted by atomic mass is 10.1. The zero-order chi connectivity index (χ0) is 17.1. The van der Waals surface area contributed by atoms with E-state index in [1.165, 1.54) is 0 Å². The van der Waals surface area contributed by atoms with Gasteiger partial charge < -0.3 is 9.32 Å². The molecule has 7 heteroatoms. The lowest BCUT2D eigenvalue weighted by molar-refractivity contribution is 0.0772. The molecule has 2 heterocycles. The molecule has 0 aliphatic rings. The normalized spacial score (nSPS) is 10.8. The second kappa shape index (κ2) is 6.66. The van der Waals surface area contributed by atoms with E-state index >= 15 is 0 Å². The monoisotopic (exact) mass is 325 g/mol. The van der Waals surface area contributed by atoms with Gasteiger partial charge in [-0.1, -0.05) is 19.1 Å². The van der Waals surface area contributed by atoms with Crippen molar-refractivity contribution in [2.45, 2.75) is 19.9 Å². The molecular formula is C17H19N5O2. The molecule has 2 aromatic heterocycles. The van der Waals surface area contributed by atoms with Gasteiger partial charge in [0.25, 0.3) is 5.91 Å². The SMILES string of the molecule is CCc1nnc(CN(C)C(=O)c2ccc(-c3cnn(C)c3)cc2)o1. The Morgan fingerprint density at radius 1 is 1.17 bits per heavy atom. The molecule has 3 aromatic rings. The topological polar surface area (TPSA) is 77.1 Å². The molecule has 0 aliphatic carbocycles. The Morgan fingerprint density at radius 3 is 2.46 bits per heavy atom. The summed E-state index contributed by atoms with van der Waals surface area (Å²) in [6.07, 6.45) is 4.41. The number of benzene rings is 1. The first-order chi connectivity index (χ1) is 11.6. The van der Waals surface area contributed by atoms with E-state index in [1.54, 1.807) is 22.8 Å². The first-order valence-electron chi connectivity index (χ1n) is 7.72. The Kier molecular flexibility index (Phi) is 4.41. The Labute approximate surface area is 139 Å². The van der Waals surface area contributed by atoms with Crippen molar-refractivity contribution in [3.8, 4) is 11.1 Å². The smallest absolute Gasteiger partial charge is 0.254 e. The Balaban J connectivity index is 1.69. The van der Waals surface area contributed by atoms with E-state index < -0.39 is 0 Å². The summed E-state index contributed by atoms with van der Waals surface area (Å²) in [5.41, 5.74) is 2.65. The fourth-order valence-electron chi connectivity index (χ4n) is 2.37. The van der Waals surface area contributed by atoms with Crippen molar-refractivity contribution in [1.82, 2.24) is 24.9 Å². The molecule has 0 unspecified atom stereocenters. The number of hydrogen-bond acceptors (Lipinski definition) is 5. The van der Waals surface area contributed by atoms with Gasteiger partial charge in [0.1, 0.15) is 0 Å². The van der Waals surface area contributed by atoms with Gasteiger partial charge in [-0.3, -0.25) is 9.48 Å². The van der Waals surface area contributed by atoms with Gasteiger partial charge in [0.05, 0.1) is 12.7 Å². The van der Waals surface area contributed by atoms with Gasteiger partial charge in [0.2, 0.25) is 11.8 Å². The van der Waals surface area contributed by atoms with Crippen LogP contribution in [0.1, 0.15) is 29.1 Å². The maximum atomic E-state index is 12.5. The molecule has 3 rings (SSSR count). The number of rotatable bonds is 5. The molecule has 0 radical (unpaired) electrons. The standard InChI is InChI=1S/C17H19N5O2/c1-4-15-19-20-16(24-15)11-21(2)17(23)13-7-5-12(6-8-13)14-9-18-22(3)10-14/h5-10H,4,11H2,1-3H3. The van der Waals surface area contributed by atoms with Gasteiger partial charge >= 0.3 is 0 Å². The minimum absolute atomic E-state index is 0.0935. The summed E-state index contributed by atoms with van der Waals surface area (Å²) < 4.78 is 7.19. The molecule has 1 aromatic carbocycles. The average Bonchev–Trinajstić information content (AvgIpc) is 3.23. The molecule has 7 nitrogen and oxygen atoms in total. The van der Waals surface area contributed by atoms with Crippen molar-refractivity contribution in [3.63, 3.8) is 0 Å². The number of carbonyl (C=O) groups is 1. The lowest BCUT2D eigenvalue weighted by Crippen LogP contribution is -2.26. The van der Waals surface area contributed by atoms with Crippen molar-refractivity contribution < 1.29 is 9.21 Å². The highest BCUT2D eigenvalue weighted by molar-refractivity contribution is 5.94. The first kappa shape index (κ1) is 15.9. The van der Waals surface area contributed by atoms with E-state index in [2.05, 4.69) is 15.3 Å². The molecule has 0 atom stereocenters. The summed E-state index contributed by atoms with van der Waals surface area (Å²) >= 11 is 0. The summed E-state index contributed by atoms with van der Waals surface area (Å²) in [6, 6.07) is 7.46. The number of nitrogens with zero attached hydrogens (tertiary/aromatic N) is 5. The highest BCUT2D eigenvalue weighted by Gasteiger charge is 2.15. The van der Waals surface area contributed by atoms with Crippen LogP contribution in [0.25, 0.3) is 11.1 Å². The third-order valence-corrected chi connectivity index (χ3v) is 3.70. The van der Waals surface area contributed by atoms with Crippen LogP contribution in [0, 0.1) is 0 Å². The average molecular weight is 325 g/mol. The van der Waals surface area contributed by atoms with E-state index in [0.29, 0.717) is 23.8 Å². The highest BCUT2D eigenvalue weighted by Crippen LogP contribution is 2.19. The molecule has 0 fully saturated rings. The molecule has 0 spiro atoms. The van der Waals surface area contributed by atoms with Crippen LogP contribution in [0.4, 0.5) is 0 Å². The van der Waals surface area contributed by atoms with Gasteiger partial charge in [-0.05, 0) is 17.7 Å². The number of aryl methyl sites for hydroxylation is 2. The van der Waals surface area contributed by atoms with Crippen molar-refractivity contribution in [2.75, 3.05) is 7.05 Å². The summed E-state index contributed by atoms with van der Waals surface area (Å²) in [5.74, 6) is 0.922. The lowest BCUT2D eigenvalue weighted by Gasteiger charge is -2.15. The van der Waals surface area contributed by atoms with Crippen molar-refractivity contribution in [2.24, 2.45) is 7.05 Å². The molecule has 0 saturated heterocycles. The molecular weight excluding hydrogens is 306 g/mol. The van der Waals surface area contributed by atoms with Gasteiger partial charge in [0, 0.05) is 37.8 Å². The zero-order valence-electron chi connectivity index (χ0n) is 13.9. The predicted octanol–water partition coefficient (Wildman–Crippen LogP) is 2.30.